The summed E-state index contributed by atoms with van der Waals surface area (Å²) in [6, 6.07) is 3.28. The quantitative estimate of drug-likeness (QED) is 0.900. The van der Waals surface area contributed by atoms with Crippen LogP contribution >= 0.6 is 0 Å². The number of sulfone groups is 1. The van der Waals surface area contributed by atoms with Crippen LogP contribution in [0.15, 0.2) is 24.5 Å². The van der Waals surface area contributed by atoms with E-state index in [4.69, 9.17) is 4.74 Å². The lowest BCUT2D eigenvalue weighted by Crippen LogP contribution is -2.37. The normalized spacial score (nSPS) is 13.8. The summed E-state index contributed by atoms with van der Waals surface area (Å²) in [6.07, 6.45) is 3.42. The minimum absolute atomic E-state index is 0.444. The second kappa shape index (κ2) is 5.60. The van der Waals surface area contributed by atoms with E-state index in [9.17, 15) is 13.2 Å². The molecule has 0 fully saturated rings. The number of amides is 1. The standard InChI is InChI=1S/C14H19N3O4S/c1-14(2,3)21-13(18)17-12(22(4,19)20)10-6-8-16-11-9(10)5-7-15-11/h5-8,12H,1-4H3,(H,15,16)(H,17,18). The van der Waals surface area contributed by atoms with Crippen LogP contribution in [0.1, 0.15) is 31.7 Å². The number of nitrogens with one attached hydrogen (secondary N) is 2. The summed E-state index contributed by atoms with van der Waals surface area (Å²) < 4.78 is 29.3. The van der Waals surface area contributed by atoms with Crippen LogP contribution in [0.2, 0.25) is 0 Å². The van der Waals surface area contributed by atoms with Crippen LogP contribution in [0.25, 0.3) is 11.0 Å². The number of aromatic nitrogens is 2. The molecule has 0 bridgehead atoms. The third-order valence-corrected chi connectivity index (χ3v) is 4.08. The van der Waals surface area contributed by atoms with Crippen molar-refractivity contribution in [3.05, 3.63) is 30.1 Å². The van der Waals surface area contributed by atoms with Crippen molar-refractivity contribution in [3.8, 4) is 0 Å². The predicted octanol–water partition coefficient (Wildman–Crippen LogP) is 2.13. The zero-order chi connectivity index (χ0) is 16.5. The van der Waals surface area contributed by atoms with Crippen molar-refractivity contribution in [3.63, 3.8) is 0 Å². The Hall–Kier alpha value is -2.09. The third-order valence-electron chi connectivity index (χ3n) is 2.85. The highest BCUT2D eigenvalue weighted by atomic mass is 32.2. The molecule has 2 rings (SSSR count). The van der Waals surface area contributed by atoms with Gasteiger partial charge in [-0.15, -0.1) is 0 Å². The van der Waals surface area contributed by atoms with Crippen LogP contribution < -0.4 is 5.32 Å². The van der Waals surface area contributed by atoms with Gasteiger partial charge in [0, 0.05) is 29.6 Å². The Bertz CT molecular complexity index is 790. The zero-order valence-corrected chi connectivity index (χ0v) is 13.7. The molecule has 0 aliphatic heterocycles. The number of carbonyl (C=O) groups is 1. The molecule has 0 saturated heterocycles. The van der Waals surface area contributed by atoms with Crippen molar-refractivity contribution in [2.75, 3.05) is 6.26 Å². The number of hydrogen-bond donors (Lipinski definition) is 2. The van der Waals surface area contributed by atoms with Gasteiger partial charge in [-0.1, -0.05) is 0 Å². The van der Waals surface area contributed by atoms with Crippen LogP contribution in [0.3, 0.4) is 0 Å². The maximum absolute atomic E-state index is 12.1. The second-order valence-electron chi connectivity index (χ2n) is 6.00. The smallest absolute Gasteiger partial charge is 0.408 e. The Morgan fingerprint density at radius 2 is 2.05 bits per heavy atom. The number of fused-ring (bicyclic) bond motifs is 1. The van der Waals surface area contributed by atoms with Gasteiger partial charge < -0.3 is 15.0 Å². The number of hydrogen-bond acceptors (Lipinski definition) is 5. The van der Waals surface area contributed by atoms with Crippen molar-refractivity contribution >= 4 is 27.0 Å². The lowest BCUT2D eigenvalue weighted by Gasteiger charge is -2.23. The average molecular weight is 325 g/mol. The van der Waals surface area contributed by atoms with Crippen molar-refractivity contribution in [1.82, 2.24) is 15.3 Å². The first-order valence-electron chi connectivity index (χ1n) is 6.68. The van der Waals surface area contributed by atoms with Crippen molar-refractivity contribution in [2.45, 2.75) is 31.7 Å². The molecule has 2 aromatic heterocycles. The summed E-state index contributed by atoms with van der Waals surface area (Å²) in [5.41, 5.74) is 0.282. The molecule has 0 aromatic carbocycles. The largest absolute Gasteiger partial charge is 0.444 e. The molecule has 7 nitrogen and oxygen atoms in total. The average Bonchev–Trinajstić information content (AvgIpc) is 2.80. The molecular weight excluding hydrogens is 306 g/mol. The molecule has 0 aliphatic carbocycles. The van der Waals surface area contributed by atoms with Gasteiger partial charge in [0.15, 0.2) is 15.2 Å². The van der Waals surface area contributed by atoms with E-state index in [1.54, 1.807) is 39.1 Å². The van der Waals surface area contributed by atoms with Gasteiger partial charge in [-0.05, 0) is 32.9 Å². The summed E-state index contributed by atoms with van der Waals surface area (Å²) in [4.78, 5) is 19.0. The Balaban J connectivity index is 2.40. The van der Waals surface area contributed by atoms with E-state index in [0.717, 1.165) is 6.26 Å². The first-order chi connectivity index (χ1) is 10.1. The van der Waals surface area contributed by atoms with Gasteiger partial charge in [-0.3, -0.25) is 0 Å². The lowest BCUT2D eigenvalue weighted by atomic mass is 10.2. The number of aromatic amines is 1. The molecule has 1 unspecified atom stereocenters. The Kier molecular flexibility index (Phi) is 4.15. The van der Waals surface area contributed by atoms with E-state index in [-0.39, 0.29) is 0 Å². The SMILES string of the molecule is CC(C)(C)OC(=O)NC(c1ccnc2[nH]ccc12)S(C)(=O)=O. The molecule has 1 atom stereocenters. The summed E-state index contributed by atoms with van der Waals surface area (Å²) in [6.45, 7) is 5.12. The second-order valence-corrected chi connectivity index (χ2v) is 8.13. The minimum atomic E-state index is -3.59. The van der Waals surface area contributed by atoms with Crippen LogP contribution in [0.5, 0.6) is 0 Å². The molecule has 2 heterocycles. The highest BCUT2D eigenvalue weighted by molar-refractivity contribution is 7.90. The van der Waals surface area contributed by atoms with Gasteiger partial charge in [0.25, 0.3) is 0 Å². The lowest BCUT2D eigenvalue weighted by molar-refractivity contribution is 0.0519. The van der Waals surface area contributed by atoms with Gasteiger partial charge >= 0.3 is 6.09 Å². The first kappa shape index (κ1) is 16.3. The molecule has 2 N–H and O–H groups in total. The number of carbonyl (C=O) groups excluding carboxylic acids is 1. The number of H-pyrrole nitrogens is 1. The number of nitrogens with zero attached hydrogens (tertiary/aromatic N) is 1. The van der Waals surface area contributed by atoms with Gasteiger partial charge in [-0.25, -0.2) is 18.2 Å². The number of ether oxygens (including phenoxy) is 1. The van der Waals surface area contributed by atoms with Gasteiger partial charge in [0.05, 0.1) is 0 Å². The van der Waals surface area contributed by atoms with E-state index >= 15 is 0 Å². The van der Waals surface area contributed by atoms with Crippen molar-refractivity contribution < 1.29 is 17.9 Å². The van der Waals surface area contributed by atoms with Crippen LogP contribution in [0.4, 0.5) is 4.79 Å². The molecule has 22 heavy (non-hydrogen) atoms. The van der Waals surface area contributed by atoms with E-state index in [2.05, 4.69) is 15.3 Å². The molecule has 0 spiro atoms. The number of pyridine rings is 1. The summed E-state index contributed by atoms with van der Waals surface area (Å²) in [5, 5.41) is 1.85. The minimum Gasteiger partial charge on any atom is -0.444 e. The van der Waals surface area contributed by atoms with Gasteiger partial charge in [0.1, 0.15) is 11.2 Å². The molecule has 0 aliphatic rings. The fourth-order valence-electron chi connectivity index (χ4n) is 2.04. The molecule has 0 radical (unpaired) electrons. The maximum atomic E-state index is 12.1. The molecule has 2 aromatic rings. The highest BCUT2D eigenvalue weighted by Crippen LogP contribution is 2.26. The van der Waals surface area contributed by atoms with Crippen LogP contribution in [0, 0.1) is 0 Å². The maximum Gasteiger partial charge on any atom is 0.408 e. The summed E-state index contributed by atoms with van der Waals surface area (Å²) in [7, 11) is -3.59. The van der Waals surface area contributed by atoms with Gasteiger partial charge in [-0.2, -0.15) is 0 Å². The number of alkyl carbamates (subject to hydrolysis) is 1. The van der Waals surface area contributed by atoms with Crippen molar-refractivity contribution in [2.24, 2.45) is 0 Å². The van der Waals surface area contributed by atoms with Crippen molar-refractivity contribution in [1.29, 1.82) is 0 Å². The molecule has 8 heteroatoms. The Morgan fingerprint density at radius 1 is 1.36 bits per heavy atom. The highest BCUT2D eigenvalue weighted by Gasteiger charge is 2.29. The fraction of sp³-hybridized carbons (Fsp3) is 0.429. The summed E-state index contributed by atoms with van der Waals surface area (Å²) in [5.74, 6) is 0. The predicted molar refractivity (Wildman–Crippen MR) is 83.0 cm³/mol. The first-order valence-corrected chi connectivity index (χ1v) is 8.64. The molecule has 120 valence electrons. The molecule has 0 saturated carbocycles. The summed E-state index contributed by atoms with van der Waals surface area (Å²) >= 11 is 0. The number of rotatable bonds is 3. The van der Waals surface area contributed by atoms with E-state index in [1.165, 1.54) is 6.20 Å². The van der Waals surface area contributed by atoms with Crippen LogP contribution in [-0.4, -0.2) is 36.3 Å². The van der Waals surface area contributed by atoms with Crippen LogP contribution in [-0.2, 0) is 14.6 Å². The zero-order valence-electron chi connectivity index (χ0n) is 12.9. The fourth-order valence-corrected chi connectivity index (χ4v) is 3.02. The van der Waals surface area contributed by atoms with E-state index in [0.29, 0.717) is 16.6 Å². The third kappa shape index (κ3) is 3.76. The molecular formula is C14H19N3O4S. The van der Waals surface area contributed by atoms with E-state index < -0.39 is 26.9 Å². The Labute approximate surface area is 129 Å². The van der Waals surface area contributed by atoms with E-state index in [1.807, 2.05) is 0 Å². The molecule has 1 amide bonds. The Morgan fingerprint density at radius 3 is 2.64 bits per heavy atom. The van der Waals surface area contributed by atoms with Gasteiger partial charge in [0.2, 0.25) is 0 Å². The monoisotopic (exact) mass is 325 g/mol. The topological polar surface area (TPSA) is 101 Å².